The van der Waals surface area contributed by atoms with Gasteiger partial charge in [0, 0.05) is 5.41 Å². The molecule has 1 N–H and O–H groups in total. The van der Waals surface area contributed by atoms with Crippen LogP contribution in [0.5, 0.6) is 0 Å². The predicted octanol–water partition coefficient (Wildman–Crippen LogP) is 3.53. The summed E-state index contributed by atoms with van der Waals surface area (Å²) in [4.78, 5) is 0. The number of ether oxygens (including phenoxy) is 2. The molecule has 0 aromatic heterocycles. The van der Waals surface area contributed by atoms with Crippen molar-refractivity contribution in [2.45, 2.75) is 96.2 Å². The van der Waals surface area contributed by atoms with Crippen molar-refractivity contribution in [2.75, 3.05) is 0 Å². The topological polar surface area (TPSA) is 45.3 Å². The lowest BCUT2D eigenvalue weighted by Crippen LogP contribution is -2.63. The van der Waals surface area contributed by atoms with E-state index in [1.807, 2.05) is 0 Å². The van der Waals surface area contributed by atoms with E-state index < -0.39 is 0 Å². The van der Waals surface area contributed by atoms with Crippen molar-refractivity contribution in [2.24, 2.45) is 28.6 Å². The summed E-state index contributed by atoms with van der Waals surface area (Å²) in [6.07, 6.45) is 6.20. The van der Waals surface area contributed by atoms with E-state index in [0.29, 0.717) is 30.0 Å². The lowest BCUT2D eigenvalue weighted by atomic mass is 9.43. The monoisotopic (exact) mass is 320 g/mol. The molecule has 0 unspecified atom stereocenters. The highest BCUT2D eigenvalue weighted by Crippen LogP contribution is 2.77. The van der Waals surface area contributed by atoms with Crippen molar-refractivity contribution in [3.8, 4) is 0 Å². The molecule has 2 heterocycles. The Kier molecular flexibility index (Phi) is 2.63. The third kappa shape index (κ3) is 1.46. The van der Waals surface area contributed by atoms with Crippen LogP contribution in [0.25, 0.3) is 0 Å². The van der Waals surface area contributed by atoms with Crippen molar-refractivity contribution in [1.29, 1.82) is 0 Å². The molecule has 8 atom stereocenters. The van der Waals surface area contributed by atoms with Crippen LogP contribution in [0.1, 0.15) is 66.7 Å². The molecule has 0 bridgehead atoms. The summed E-state index contributed by atoms with van der Waals surface area (Å²) in [7, 11) is 0. The molecular weight excluding hydrogens is 288 g/mol. The molecule has 23 heavy (non-hydrogen) atoms. The zero-order chi connectivity index (χ0) is 16.4. The molecule has 0 amide bonds. The summed E-state index contributed by atoms with van der Waals surface area (Å²) in [5.41, 5.74) is 0.369. The van der Waals surface area contributed by atoms with Crippen LogP contribution in [0.2, 0.25) is 0 Å². The molecule has 5 aliphatic rings. The van der Waals surface area contributed by atoms with E-state index >= 15 is 0 Å². The Morgan fingerprint density at radius 3 is 2.43 bits per heavy atom. The molecule has 1 spiro atoms. The summed E-state index contributed by atoms with van der Waals surface area (Å²) in [6, 6.07) is 0. The molecule has 5 fully saturated rings. The molecular formula is C20H32O3. The third-order valence-electron chi connectivity index (χ3n) is 9.04. The first-order valence-corrected chi connectivity index (χ1v) is 9.74. The van der Waals surface area contributed by atoms with Crippen LogP contribution in [0.3, 0.4) is 0 Å². The Balaban J connectivity index is 1.54. The molecule has 5 rings (SSSR count). The van der Waals surface area contributed by atoms with Gasteiger partial charge < -0.3 is 14.6 Å². The van der Waals surface area contributed by atoms with Gasteiger partial charge in [0.1, 0.15) is 23.4 Å². The number of epoxide rings is 2. The Hall–Kier alpha value is -0.120. The van der Waals surface area contributed by atoms with Crippen molar-refractivity contribution in [1.82, 2.24) is 0 Å². The first kappa shape index (κ1) is 15.2. The maximum atomic E-state index is 10.6. The van der Waals surface area contributed by atoms with E-state index in [-0.39, 0.29) is 28.1 Å². The fraction of sp³-hybridized carbons (Fsp3) is 1.00. The highest BCUT2D eigenvalue weighted by atomic mass is 16.7. The largest absolute Gasteiger partial charge is 0.393 e. The Morgan fingerprint density at radius 2 is 1.74 bits per heavy atom. The molecule has 2 aliphatic heterocycles. The van der Waals surface area contributed by atoms with Gasteiger partial charge in [0.25, 0.3) is 0 Å². The molecule has 0 aromatic carbocycles. The van der Waals surface area contributed by atoms with Crippen LogP contribution in [-0.4, -0.2) is 34.6 Å². The number of hydrogen-bond donors (Lipinski definition) is 1. The second-order valence-electron chi connectivity index (χ2n) is 10.3. The lowest BCUT2D eigenvalue weighted by molar-refractivity contribution is -0.162. The lowest BCUT2D eigenvalue weighted by Gasteiger charge is -2.61. The Morgan fingerprint density at radius 1 is 1.00 bits per heavy atom. The van der Waals surface area contributed by atoms with Gasteiger partial charge in [0.15, 0.2) is 0 Å². The van der Waals surface area contributed by atoms with Gasteiger partial charge in [-0.15, -0.1) is 0 Å². The maximum Gasteiger partial charge on any atom is 0.117 e. The average Bonchev–Trinajstić information content (AvgIpc) is 3.32. The van der Waals surface area contributed by atoms with Crippen molar-refractivity contribution in [3.63, 3.8) is 0 Å². The van der Waals surface area contributed by atoms with Crippen LogP contribution in [0.4, 0.5) is 0 Å². The van der Waals surface area contributed by atoms with Gasteiger partial charge in [-0.25, -0.2) is 0 Å². The number of aliphatic hydroxyl groups is 1. The maximum absolute atomic E-state index is 10.6. The van der Waals surface area contributed by atoms with E-state index in [9.17, 15) is 5.11 Å². The predicted molar refractivity (Wildman–Crippen MR) is 88.0 cm³/mol. The van der Waals surface area contributed by atoms with Gasteiger partial charge in [-0.2, -0.15) is 0 Å². The highest BCUT2D eigenvalue weighted by molar-refractivity contribution is 5.33. The SMILES string of the molecule is CC(C)[C@@]12C[C@@H]3CC[C@H]4C(C)(C)[C@@H](O)CC[C@]4(C)[C@]34O[C@@H]4[C@@H]1O2. The first-order chi connectivity index (χ1) is 10.7. The van der Waals surface area contributed by atoms with E-state index in [0.717, 1.165) is 12.8 Å². The smallest absolute Gasteiger partial charge is 0.117 e. The van der Waals surface area contributed by atoms with Crippen molar-refractivity contribution >= 4 is 0 Å². The van der Waals surface area contributed by atoms with Crippen LogP contribution in [0, 0.1) is 28.6 Å². The summed E-state index contributed by atoms with van der Waals surface area (Å²) in [5, 5.41) is 10.6. The summed E-state index contributed by atoms with van der Waals surface area (Å²) < 4.78 is 12.9. The van der Waals surface area contributed by atoms with E-state index in [1.165, 1.54) is 19.3 Å². The fourth-order valence-corrected chi connectivity index (χ4v) is 7.52. The molecule has 0 aromatic rings. The number of hydrogen-bond acceptors (Lipinski definition) is 3. The second-order valence-corrected chi connectivity index (χ2v) is 10.3. The van der Waals surface area contributed by atoms with Crippen LogP contribution in [-0.2, 0) is 9.47 Å². The van der Waals surface area contributed by atoms with Crippen LogP contribution in [0.15, 0.2) is 0 Å². The molecule has 130 valence electrons. The molecule has 3 heteroatoms. The number of rotatable bonds is 1. The van der Waals surface area contributed by atoms with Gasteiger partial charge in [-0.3, -0.25) is 0 Å². The van der Waals surface area contributed by atoms with Gasteiger partial charge >= 0.3 is 0 Å². The molecule has 3 nitrogen and oxygen atoms in total. The molecule has 3 aliphatic carbocycles. The second kappa shape index (κ2) is 3.99. The number of fused-ring (bicyclic) bond motifs is 3. The fourth-order valence-electron chi connectivity index (χ4n) is 7.52. The highest BCUT2D eigenvalue weighted by Gasteiger charge is 2.86. The van der Waals surface area contributed by atoms with Gasteiger partial charge in [0.2, 0.25) is 0 Å². The average molecular weight is 320 g/mol. The summed E-state index contributed by atoms with van der Waals surface area (Å²) in [6.45, 7) is 11.7. The normalized spacial score (nSPS) is 62.0. The minimum Gasteiger partial charge on any atom is -0.393 e. The zero-order valence-corrected chi connectivity index (χ0v) is 15.3. The van der Waals surface area contributed by atoms with Gasteiger partial charge in [-0.1, -0.05) is 34.6 Å². The van der Waals surface area contributed by atoms with Crippen molar-refractivity contribution < 1.29 is 14.6 Å². The van der Waals surface area contributed by atoms with Gasteiger partial charge in [-0.05, 0) is 55.3 Å². The minimum atomic E-state index is -0.166. The quantitative estimate of drug-likeness (QED) is 0.752. The third-order valence-corrected chi connectivity index (χ3v) is 9.04. The van der Waals surface area contributed by atoms with E-state index in [2.05, 4.69) is 34.6 Å². The molecule has 0 radical (unpaired) electrons. The zero-order valence-electron chi connectivity index (χ0n) is 15.3. The Bertz CT molecular complexity index is 557. The van der Waals surface area contributed by atoms with E-state index in [1.54, 1.807) is 0 Å². The number of aliphatic hydroxyl groups excluding tert-OH is 1. The summed E-state index contributed by atoms with van der Waals surface area (Å²) in [5.74, 6) is 1.80. The van der Waals surface area contributed by atoms with E-state index in [4.69, 9.17) is 9.47 Å². The van der Waals surface area contributed by atoms with Crippen molar-refractivity contribution in [3.05, 3.63) is 0 Å². The van der Waals surface area contributed by atoms with Crippen LogP contribution < -0.4 is 0 Å². The Labute approximate surface area is 140 Å². The van der Waals surface area contributed by atoms with Crippen LogP contribution >= 0.6 is 0 Å². The summed E-state index contributed by atoms with van der Waals surface area (Å²) >= 11 is 0. The molecule has 3 saturated carbocycles. The minimum absolute atomic E-state index is 0.000210. The van der Waals surface area contributed by atoms with Gasteiger partial charge in [0.05, 0.1) is 6.10 Å². The standard InChI is InChI=1S/C20H32O3/c1-11(2)19-10-12-6-7-13-17(3,4)14(21)8-9-18(13,5)20(12)16(23-20)15(19)22-19/h11-16,21H,6-10H2,1-5H3/t12-,13-,14-,15-,16+,18-,19-,20-/m0/s1. The first-order valence-electron chi connectivity index (χ1n) is 9.74. The molecule has 2 saturated heterocycles.